The molecule has 16 heteroatoms. The molecule has 14 nitrogen and oxygen atoms in total. The third-order valence-electron chi connectivity index (χ3n) is 9.61. The fraction of sp³-hybridized carbons (Fsp3) is 0.409. The zero-order chi connectivity index (χ0) is 43.8. The van der Waals surface area contributed by atoms with E-state index in [-0.39, 0.29) is 24.3 Å². The van der Waals surface area contributed by atoms with E-state index in [4.69, 9.17) is 18.9 Å². The molecule has 0 bridgehead atoms. The fourth-order valence-electron chi connectivity index (χ4n) is 6.94. The molecule has 0 saturated carbocycles. The summed E-state index contributed by atoms with van der Waals surface area (Å²) in [4.78, 5) is 61.7. The number of esters is 2. The van der Waals surface area contributed by atoms with E-state index in [9.17, 15) is 19.2 Å². The highest BCUT2D eigenvalue weighted by molar-refractivity contribution is 9.10. The van der Waals surface area contributed by atoms with Gasteiger partial charge in [0.05, 0.1) is 61.2 Å². The Kier molecular flexibility index (Phi) is 15.2. The van der Waals surface area contributed by atoms with Gasteiger partial charge in [-0.3, -0.25) is 19.8 Å². The Morgan fingerprint density at radius 1 is 0.650 bits per heavy atom. The highest BCUT2D eigenvalue weighted by Gasteiger charge is 2.35. The number of hydrogen-bond donors (Lipinski definition) is 2. The predicted molar refractivity (Wildman–Crippen MR) is 235 cm³/mol. The average molecular weight is 953 g/mol. The number of methoxy groups -OCH3 is 2. The van der Waals surface area contributed by atoms with Gasteiger partial charge in [0.2, 0.25) is 0 Å². The molecule has 2 aliphatic rings. The number of halogens is 2. The number of pyridine rings is 2. The molecule has 0 spiro atoms. The largest absolute Gasteiger partial charge is 0.465 e. The average Bonchev–Trinajstić information content (AvgIpc) is 3.20. The van der Waals surface area contributed by atoms with Crippen LogP contribution in [0.4, 0.5) is 21.0 Å². The molecule has 0 saturated heterocycles. The number of aromatic nitrogens is 2. The number of anilines is 2. The second-order valence-corrected chi connectivity index (χ2v) is 18.0. The number of hydrogen-bond acceptors (Lipinski definition) is 12. The van der Waals surface area contributed by atoms with Gasteiger partial charge >= 0.3 is 24.1 Å². The second-order valence-electron chi connectivity index (χ2n) is 16.2. The Balaban J connectivity index is 0.000000228. The van der Waals surface area contributed by atoms with Crippen molar-refractivity contribution in [2.75, 3.05) is 51.0 Å². The van der Waals surface area contributed by atoms with Gasteiger partial charge in [0.15, 0.2) is 0 Å². The summed E-state index contributed by atoms with van der Waals surface area (Å²) >= 11 is 7.05. The maximum Gasteiger partial charge on any atom is 0.410 e. The lowest BCUT2D eigenvalue weighted by atomic mass is 9.92. The number of rotatable bonds is 8. The Hall–Kier alpha value is -5.22. The molecule has 0 unspecified atom stereocenters. The normalized spacial score (nSPS) is 15.9. The zero-order valence-electron chi connectivity index (χ0n) is 35.1. The van der Waals surface area contributed by atoms with Crippen molar-refractivity contribution in [3.05, 3.63) is 116 Å². The summed E-state index contributed by atoms with van der Waals surface area (Å²) in [6.07, 6.45) is 7.00. The van der Waals surface area contributed by atoms with E-state index < -0.39 is 23.1 Å². The Bertz CT molecular complexity index is 2040. The zero-order valence-corrected chi connectivity index (χ0v) is 38.3. The quantitative estimate of drug-likeness (QED) is 0.128. The molecular formula is C44H52Br2N6O8. The van der Waals surface area contributed by atoms with E-state index in [1.807, 2.05) is 65.8 Å². The van der Waals surface area contributed by atoms with E-state index in [2.05, 4.69) is 64.6 Å². The smallest absolute Gasteiger partial charge is 0.410 e. The summed E-state index contributed by atoms with van der Waals surface area (Å²) < 4.78 is 23.0. The van der Waals surface area contributed by atoms with Crippen molar-refractivity contribution in [2.45, 2.75) is 77.7 Å². The minimum absolute atomic E-state index is 0.262. The molecule has 0 fully saturated rings. The molecule has 4 aromatic rings. The lowest BCUT2D eigenvalue weighted by molar-refractivity contribution is 0.0143. The van der Waals surface area contributed by atoms with E-state index in [1.54, 1.807) is 34.3 Å². The maximum atomic E-state index is 12.9. The number of ether oxygens (including phenoxy) is 4. The van der Waals surface area contributed by atoms with Gasteiger partial charge in [-0.25, -0.2) is 19.2 Å². The van der Waals surface area contributed by atoms with E-state index in [0.717, 1.165) is 32.9 Å². The van der Waals surface area contributed by atoms with Crippen LogP contribution < -0.4 is 10.6 Å². The number of fused-ring (bicyclic) bond motifs is 2. The van der Waals surface area contributed by atoms with Gasteiger partial charge in [0.25, 0.3) is 0 Å². The monoisotopic (exact) mass is 950 g/mol. The SMILES string of the molecule is COC(=O)c1ccncc1NC[C@@H]1c2ccc(Br)cc2CCN1C(=O)OC(C)(C)C.COC(=O)c1ccncc1NC[C@H]1c2ccc(Br)cc2CCN1C(=O)OC(C)(C)C. The van der Waals surface area contributed by atoms with Crippen LogP contribution in [-0.2, 0) is 31.8 Å². The van der Waals surface area contributed by atoms with Crippen molar-refractivity contribution in [3.8, 4) is 0 Å². The van der Waals surface area contributed by atoms with Crippen LogP contribution in [0.25, 0.3) is 0 Å². The first-order valence-corrected chi connectivity index (χ1v) is 21.1. The van der Waals surface area contributed by atoms with Gasteiger partial charge < -0.3 is 29.6 Å². The molecule has 6 rings (SSSR count). The lowest BCUT2D eigenvalue weighted by Crippen LogP contribution is -2.45. The summed E-state index contributed by atoms with van der Waals surface area (Å²) in [5.41, 5.74) is 5.16. The summed E-state index contributed by atoms with van der Waals surface area (Å²) in [5.74, 6) is -0.895. The van der Waals surface area contributed by atoms with Gasteiger partial charge in [-0.15, -0.1) is 0 Å². The summed E-state index contributed by atoms with van der Waals surface area (Å²) in [5, 5.41) is 6.55. The van der Waals surface area contributed by atoms with Crippen molar-refractivity contribution in [1.29, 1.82) is 0 Å². The number of nitrogens with zero attached hydrogens (tertiary/aromatic N) is 4. The van der Waals surface area contributed by atoms with Gasteiger partial charge in [0, 0.05) is 47.5 Å². The molecule has 320 valence electrons. The van der Waals surface area contributed by atoms with Crippen molar-refractivity contribution in [3.63, 3.8) is 0 Å². The Morgan fingerprint density at radius 2 is 1.03 bits per heavy atom. The molecule has 2 aromatic carbocycles. The Morgan fingerprint density at radius 3 is 1.38 bits per heavy atom. The molecular weight excluding hydrogens is 900 g/mol. The van der Waals surface area contributed by atoms with Crippen molar-refractivity contribution in [2.24, 2.45) is 0 Å². The maximum absolute atomic E-state index is 12.9. The molecule has 2 amide bonds. The number of amides is 2. The molecule has 0 aliphatic carbocycles. The summed E-state index contributed by atoms with van der Waals surface area (Å²) in [6, 6.07) is 14.8. The molecule has 60 heavy (non-hydrogen) atoms. The number of carbonyl (C=O) groups is 4. The van der Waals surface area contributed by atoms with Crippen LogP contribution in [0.2, 0.25) is 0 Å². The van der Waals surface area contributed by atoms with Crippen LogP contribution in [-0.4, -0.2) is 95.5 Å². The highest BCUT2D eigenvalue weighted by Crippen LogP contribution is 2.35. The van der Waals surface area contributed by atoms with E-state index >= 15 is 0 Å². The molecule has 2 atom stereocenters. The van der Waals surface area contributed by atoms with Gasteiger partial charge in [-0.2, -0.15) is 0 Å². The first-order valence-electron chi connectivity index (χ1n) is 19.5. The van der Waals surface area contributed by atoms with Crippen LogP contribution in [0, 0.1) is 0 Å². The van der Waals surface area contributed by atoms with Crippen LogP contribution in [0.15, 0.2) is 82.3 Å². The molecule has 4 heterocycles. The molecule has 2 aliphatic heterocycles. The van der Waals surface area contributed by atoms with Crippen LogP contribution in [0.5, 0.6) is 0 Å². The lowest BCUT2D eigenvalue weighted by Gasteiger charge is -2.38. The van der Waals surface area contributed by atoms with Gasteiger partial charge in [0.1, 0.15) is 11.2 Å². The number of carbonyl (C=O) groups excluding carboxylic acids is 4. The van der Waals surface area contributed by atoms with E-state index in [1.165, 1.54) is 37.7 Å². The third kappa shape index (κ3) is 12.0. The highest BCUT2D eigenvalue weighted by atomic mass is 79.9. The number of nitrogens with one attached hydrogen (secondary N) is 2. The van der Waals surface area contributed by atoms with Crippen LogP contribution >= 0.6 is 31.9 Å². The standard InChI is InChI=1S/2C22H26BrN3O4/c2*1-22(2,3)30-21(28)26-10-8-14-11-15(23)5-6-16(14)19(26)13-25-18-12-24-9-7-17(18)20(27)29-4/h2*5-7,9,11-12,19,25H,8,10,13H2,1-4H3/t2*19-/m10/s1. The first kappa shape index (κ1) is 45.9. The second kappa shape index (κ2) is 19.9. The van der Waals surface area contributed by atoms with Crippen LogP contribution in [0.3, 0.4) is 0 Å². The summed E-state index contributed by atoms with van der Waals surface area (Å²) in [6.45, 7) is 13.0. The fourth-order valence-corrected chi connectivity index (χ4v) is 7.76. The molecule has 0 radical (unpaired) electrons. The first-order chi connectivity index (χ1) is 28.4. The third-order valence-corrected chi connectivity index (χ3v) is 10.6. The number of benzene rings is 2. The van der Waals surface area contributed by atoms with Crippen molar-refractivity contribution < 1.29 is 38.1 Å². The topological polar surface area (TPSA) is 162 Å². The predicted octanol–water partition coefficient (Wildman–Crippen LogP) is 9.15. The van der Waals surface area contributed by atoms with E-state index in [0.29, 0.717) is 48.7 Å². The van der Waals surface area contributed by atoms with Gasteiger partial charge in [-0.1, -0.05) is 44.0 Å². The Labute approximate surface area is 368 Å². The van der Waals surface area contributed by atoms with Crippen LogP contribution in [0.1, 0.15) is 96.6 Å². The van der Waals surface area contributed by atoms with Crippen molar-refractivity contribution in [1.82, 2.24) is 19.8 Å². The minimum Gasteiger partial charge on any atom is -0.465 e. The van der Waals surface area contributed by atoms with Gasteiger partial charge in [-0.05, 0) is 113 Å². The molecule has 2 N–H and O–H groups in total. The minimum atomic E-state index is -0.587. The van der Waals surface area contributed by atoms with Crippen molar-refractivity contribution >= 4 is 67.4 Å². The summed E-state index contributed by atoms with van der Waals surface area (Å²) in [7, 11) is 2.68. The molecule has 2 aromatic heterocycles.